The smallest absolute Gasteiger partial charge is 0.319 e. The summed E-state index contributed by atoms with van der Waals surface area (Å²) in [7, 11) is 0. The maximum absolute atomic E-state index is 12.6. The van der Waals surface area contributed by atoms with Crippen molar-refractivity contribution in [2.45, 2.75) is 26.5 Å². The van der Waals surface area contributed by atoms with Crippen molar-refractivity contribution in [1.29, 1.82) is 0 Å². The minimum Gasteiger partial charge on any atom is -0.460 e. The van der Waals surface area contributed by atoms with E-state index >= 15 is 0 Å². The third kappa shape index (κ3) is 5.28. The summed E-state index contributed by atoms with van der Waals surface area (Å²) in [6.07, 6.45) is 0. The first kappa shape index (κ1) is 18.4. The number of hydrogen-bond donors (Lipinski definition) is 1. The molecule has 0 saturated heterocycles. The van der Waals surface area contributed by atoms with Crippen LogP contribution in [0.25, 0.3) is 0 Å². The molecule has 0 saturated carbocycles. The number of ether oxygens (including phenoxy) is 1. The molecule has 2 aromatic rings. The van der Waals surface area contributed by atoms with Gasteiger partial charge in [0.05, 0.1) is 6.04 Å². The molecule has 0 spiro atoms. The van der Waals surface area contributed by atoms with Gasteiger partial charge in [0, 0.05) is 6.92 Å². The van der Waals surface area contributed by atoms with E-state index in [1.807, 2.05) is 36.4 Å². The summed E-state index contributed by atoms with van der Waals surface area (Å²) in [6, 6.07) is 17.4. The van der Waals surface area contributed by atoms with Gasteiger partial charge in [-0.25, -0.2) is 0 Å². The predicted molar refractivity (Wildman–Crippen MR) is 93.4 cm³/mol. The fourth-order valence-corrected chi connectivity index (χ4v) is 2.59. The number of nitrogens with one attached hydrogen (secondary N) is 1. The van der Waals surface area contributed by atoms with Gasteiger partial charge in [-0.15, -0.1) is 0 Å². The lowest BCUT2D eigenvalue weighted by Crippen LogP contribution is -2.40. The number of rotatable bonds is 7. The normalized spacial score (nSPS) is 12.7. The molecule has 2 aromatic carbocycles. The standard InChI is InChI=1S/C20H21NO4/c1-14(22)18(20(24)25-13-16-9-5-3-6-10-16)19(21-15(2)23)17-11-7-4-8-12-17/h3-12,18-19H,13H2,1-2H3,(H,21,23)/t18-,19+/m1/s1. The van der Waals surface area contributed by atoms with Crippen LogP contribution in [0.15, 0.2) is 60.7 Å². The van der Waals surface area contributed by atoms with E-state index in [9.17, 15) is 14.4 Å². The molecule has 0 aliphatic rings. The molecule has 130 valence electrons. The van der Waals surface area contributed by atoms with Crippen LogP contribution in [0.5, 0.6) is 0 Å². The van der Waals surface area contributed by atoms with Gasteiger partial charge in [0.25, 0.3) is 0 Å². The molecule has 2 atom stereocenters. The Morgan fingerprint density at radius 3 is 2.00 bits per heavy atom. The number of carbonyl (C=O) groups is 3. The first-order valence-corrected chi connectivity index (χ1v) is 8.02. The second-order valence-corrected chi connectivity index (χ2v) is 5.77. The Morgan fingerprint density at radius 1 is 0.920 bits per heavy atom. The number of hydrogen-bond acceptors (Lipinski definition) is 4. The second-order valence-electron chi connectivity index (χ2n) is 5.77. The van der Waals surface area contributed by atoms with Crippen molar-refractivity contribution < 1.29 is 19.1 Å². The fourth-order valence-electron chi connectivity index (χ4n) is 2.59. The van der Waals surface area contributed by atoms with Crippen molar-refractivity contribution in [3.63, 3.8) is 0 Å². The minimum atomic E-state index is -1.10. The van der Waals surface area contributed by atoms with Crippen molar-refractivity contribution >= 4 is 17.7 Å². The molecule has 0 bridgehead atoms. The van der Waals surface area contributed by atoms with Gasteiger partial charge in [-0.1, -0.05) is 60.7 Å². The van der Waals surface area contributed by atoms with Crippen molar-refractivity contribution in [2.24, 2.45) is 5.92 Å². The molecule has 0 heterocycles. The van der Waals surface area contributed by atoms with Gasteiger partial charge in [-0.3, -0.25) is 14.4 Å². The summed E-state index contributed by atoms with van der Waals surface area (Å²) in [5.74, 6) is -2.44. The average molecular weight is 339 g/mol. The van der Waals surface area contributed by atoms with Gasteiger partial charge in [-0.2, -0.15) is 0 Å². The SMILES string of the molecule is CC(=O)N[C@@H](c1ccccc1)[C@@H](C(C)=O)C(=O)OCc1ccccc1. The summed E-state index contributed by atoms with van der Waals surface area (Å²) in [5, 5.41) is 2.70. The molecular formula is C20H21NO4. The third-order valence-electron chi connectivity index (χ3n) is 3.77. The highest BCUT2D eigenvalue weighted by atomic mass is 16.5. The van der Waals surface area contributed by atoms with E-state index in [0.717, 1.165) is 5.56 Å². The first-order chi connectivity index (χ1) is 12.0. The molecule has 5 heteroatoms. The van der Waals surface area contributed by atoms with Crippen molar-refractivity contribution in [1.82, 2.24) is 5.32 Å². The quantitative estimate of drug-likeness (QED) is 0.622. The third-order valence-corrected chi connectivity index (χ3v) is 3.77. The van der Waals surface area contributed by atoms with E-state index in [0.29, 0.717) is 5.56 Å². The van der Waals surface area contributed by atoms with Crippen LogP contribution in [0.3, 0.4) is 0 Å². The fraction of sp³-hybridized carbons (Fsp3) is 0.250. The molecule has 0 aliphatic carbocycles. The van der Waals surface area contributed by atoms with Gasteiger partial charge < -0.3 is 10.1 Å². The van der Waals surface area contributed by atoms with Crippen LogP contribution in [0.1, 0.15) is 31.0 Å². The molecule has 0 radical (unpaired) electrons. The Kier molecular flexibility index (Phi) is 6.46. The topological polar surface area (TPSA) is 72.5 Å². The molecular weight excluding hydrogens is 318 g/mol. The summed E-state index contributed by atoms with van der Waals surface area (Å²) in [4.78, 5) is 36.3. The van der Waals surface area contributed by atoms with Crippen LogP contribution in [-0.2, 0) is 25.7 Å². The Labute approximate surface area is 147 Å². The molecule has 0 aromatic heterocycles. The van der Waals surface area contributed by atoms with Gasteiger partial charge >= 0.3 is 5.97 Å². The summed E-state index contributed by atoms with van der Waals surface area (Å²) in [5.41, 5.74) is 1.50. The highest BCUT2D eigenvalue weighted by Gasteiger charge is 2.35. The summed E-state index contributed by atoms with van der Waals surface area (Å²) >= 11 is 0. The lowest BCUT2D eigenvalue weighted by molar-refractivity contribution is -0.154. The number of carbonyl (C=O) groups excluding carboxylic acids is 3. The minimum absolute atomic E-state index is 0.0744. The highest BCUT2D eigenvalue weighted by Crippen LogP contribution is 2.25. The van der Waals surface area contributed by atoms with Crippen molar-refractivity contribution in [3.8, 4) is 0 Å². The van der Waals surface area contributed by atoms with E-state index in [2.05, 4.69) is 5.32 Å². The number of esters is 1. The Bertz CT molecular complexity index is 728. The van der Waals surface area contributed by atoms with Gasteiger partial charge in [-0.05, 0) is 18.1 Å². The molecule has 0 aliphatic heterocycles. The largest absolute Gasteiger partial charge is 0.460 e. The molecule has 1 amide bonds. The Morgan fingerprint density at radius 2 is 1.48 bits per heavy atom. The summed E-state index contributed by atoms with van der Waals surface area (Å²) in [6.45, 7) is 2.75. The van der Waals surface area contributed by atoms with E-state index in [1.54, 1.807) is 24.3 Å². The van der Waals surface area contributed by atoms with Crippen LogP contribution in [0, 0.1) is 5.92 Å². The van der Waals surface area contributed by atoms with Crippen LogP contribution in [-0.4, -0.2) is 17.7 Å². The van der Waals surface area contributed by atoms with Crippen LogP contribution in [0.4, 0.5) is 0 Å². The molecule has 2 rings (SSSR count). The van der Waals surface area contributed by atoms with E-state index < -0.39 is 17.9 Å². The van der Waals surface area contributed by atoms with E-state index in [1.165, 1.54) is 13.8 Å². The van der Waals surface area contributed by atoms with Gasteiger partial charge in [0.1, 0.15) is 18.3 Å². The van der Waals surface area contributed by atoms with Crippen LogP contribution < -0.4 is 5.32 Å². The lowest BCUT2D eigenvalue weighted by Gasteiger charge is -2.25. The second kappa shape index (κ2) is 8.78. The van der Waals surface area contributed by atoms with Crippen molar-refractivity contribution in [2.75, 3.05) is 0 Å². The lowest BCUT2D eigenvalue weighted by atomic mass is 9.90. The predicted octanol–water partition coefficient (Wildman–Crippen LogP) is 2.81. The Hall–Kier alpha value is -2.95. The zero-order valence-corrected chi connectivity index (χ0v) is 14.3. The number of Topliss-reactive ketones (excluding diaryl/α,β-unsaturated/α-hetero) is 1. The molecule has 1 N–H and O–H groups in total. The average Bonchev–Trinajstić information content (AvgIpc) is 2.60. The number of benzene rings is 2. The molecule has 25 heavy (non-hydrogen) atoms. The maximum Gasteiger partial charge on any atom is 0.319 e. The van der Waals surface area contributed by atoms with Crippen LogP contribution >= 0.6 is 0 Å². The first-order valence-electron chi connectivity index (χ1n) is 8.02. The van der Waals surface area contributed by atoms with Gasteiger partial charge in [0.15, 0.2) is 0 Å². The number of ketones is 1. The van der Waals surface area contributed by atoms with Gasteiger partial charge in [0.2, 0.25) is 5.91 Å². The summed E-state index contributed by atoms with van der Waals surface area (Å²) < 4.78 is 5.32. The molecule has 0 unspecified atom stereocenters. The zero-order valence-electron chi connectivity index (χ0n) is 14.3. The van der Waals surface area contributed by atoms with Crippen molar-refractivity contribution in [3.05, 3.63) is 71.8 Å². The van der Waals surface area contributed by atoms with E-state index in [-0.39, 0.29) is 18.3 Å². The van der Waals surface area contributed by atoms with E-state index in [4.69, 9.17) is 4.74 Å². The molecule has 0 fully saturated rings. The number of amides is 1. The Balaban J connectivity index is 2.21. The maximum atomic E-state index is 12.6. The highest BCUT2D eigenvalue weighted by molar-refractivity contribution is 5.99. The zero-order chi connectivity index (χ0) is 18.2. The van der Waals surface area contributed by atoms with Crippen LogP contribution in [0.2, 0.25) is 0 Å². The molecule has 5 nitrogen and oxygen atoms in total. The monoisotopic (exact) mass is 339 g/mol.